The number of hydrogen-bond donors (Lipinski definition) is 1. The van der Waals surface area contributed by atoms with Gasteiger partial charge in [-0.1, -0.05) is 91.0 Å². The molecule has 3 aliphatic heterocycles. The van der Waals surface area contributed by atoms with E-state index in [4.69, 9.17) is 4.74 Å². The second kappa shape index (κ2) is 10.4. The van der Waals surface area contributed by atoms with Crippen LogP contribution in [0, 0.1) is 5.92 Å². The fourth-order valence-corrected chi connectivity index (χ4v) is 5.66. The molecule has 3 saturated heterocycles. The second-order valence-electron chi connectivity index (χ2n) is 9.65. The summed E-state index contributed by atoms with van der Waals surface area (Å²) in [6.07, 6.45) is 3.02. The van der Waals surface area contributed by atoms with E-state index in [1.54, 1.807) is 24.3 Å². The lowest BCUT2D eigenvalue weighted by Crippen LogP contribution is -3.00. The van der Waals surface area contributed by atoms with E-state index in [2.05, 4.69) is 30.3 Å². The van der Waals surface area contributed by atoms with Gasteiger partial charge in [-0.2, -0.15) is 0 Å². The van der Waals surface area contributed by atoms with Gasteiger partial charge in [-0.05, 0) is 16.7 Å². The standard InChI is InChI=1S/C29H32NO3.BrH/c31-28(29(32,25-12-6-2-7-13-25)26-14-8-3-9-15-26)33-27-22-30(20-17-24(27)18-21-30)19-16-23-10-4-1-5-11-23;/h1-15,24,27,32H,16-22H2;1H/q+1;/p-1. The van der Waals surface area contributed by atoms with Gasteiger partial charge in [0.2, 0.25) is 5.60 Å². The highest BCUT2D eigenvalue weighted by molar-refractivity contribution is 5.85. The molecule has 34 heavy (non-hydrogen) atoms. The van der Waals surface area contributed by atoms with Crippen LogP contribution in [0.3, 0.4) is 0 Å². The lowest BCUT2D eigenvalue weighted by atomic mass is 9.82. The fraction of sp³-hybridized carbons (Fsp3) is 0.345. The number of hydrogen-bond acceptors (Lipinski definition) is 3. The van der Waals surface area contributed by atoms with E-state index in [1.165, 1.54) is 5.56 Å². The molecule has 6 rings (SSSR count). The third-order valence-corrected chi connectivity index (χ3v) is 7.70. The predicted molar refractivity (Wildman–Crippen MR) is 128 cm³/mol. The highest BCUT2D eigenvalue weighted by Crippen LogP contribution is 2.38. The van der Waals surface area contributed by atoms with Crippen LogP contribution < -0.4 is 17.0 Å². The first kappa shape index (κ1) is 24.6. The average Bonchev–Trinajstić information content (AvgIpc) is 2.89. The maximum absolute atomic E-state index is 13.6. The van der Waals surface area contributed by atoms with Crippen LogP contribution in [-0.2, 0) is 21.6 Å². The Morgan fingerprint density at radius 2 is 1.35 bits per heavy atom. The summed E-state index contributed by atoms with van der Waals surface area (Å²) in [5.74, 6) is -0.193. The number of rotatable bonds is 7. The number of benzene rings is 3. The lowest BCUT2D eigenvalue weighted by Gasteiger charge is -2.52. The normalized spacial score (nSPS) is 23.7. The van der Waals surface area contributed by atoms with Gasteiger partial charge in [-0.3, -0.25) is 0 Å². The minimum Gasteiger partial charge on any atom is -1.00 e. The Kier molecular flexibility index (Phi) is 7.56. The van der Waals surface area contributed by atoms with Crippen molar-refractivity contribution in [2.45, 2.75) is 31.0 Å². The maximum Gasteiger partial charge on any atom is 0.348 e. The number of piperidine rings is 3. The number of carbonyl (C=O) groups excluding carboxylic acids is 1. The van der Waals surface area contributed by atoms with Gasteiger partial charge in [0.15, 0.2) is 6.10 Å². The Hall–Kier alpha value is -2.47. The zero-order valence-corrected chi connectivity index (χ0v) is 20.9. The quantitative estimate of drug-likeness (QED) is 0.376. The summed E-state index contributed by atoms with van der Waals surface area (Å²) >= 11 is 0. The van der Waals surface area contributed by atoms with Crippen LogP contribution in [0.2, 0.25) is 0 Å². The number of ether oxygens (including phenoxy) is 1. The van der Waals surface area contributed by atoms with Crippen LogP contribution in [0.4, 0.5) is 0 Å². The number of fused-ring (bicyclic) bond motifs is 3. The summed E-state index contributed by atoms with van der Waals surface area (Å²) in [5, 5.41) is 11.8. The van der Waals surface area contributed by atoms with Crippen molar-refractivity contribution in [2.75, 3.05) is 26.2 Å². The Labute approximate surface area is 212 Å². The van der Waals surface area contributed by atoms with Crippen molar-refractivity contribution in [3.63, 3.8) is 0 Å². The first-order valence-corrected chi connectivity index (χ1v) is 12.0. The third kappa shape index (κ3) is 4.83. The highest BCUT2D eigenvalue weighted by Gasteiger charge is 2.50. The summed E-state index contributed by atoms with van der Waals surface area (Å²) < 4.78 is 7.17. The molecular weight excluding hydrogens is 490 g/mol. The summed E-state index contributed by atoms with van der Waals surface area (Å²) in [7, 11) is 0. The lowest BCUT2D eigenvalue weighted by molar-refractivity contribution is -0.946. The molecule has 178 valence electrons. The van der Waals surface area contributed by atoms with Crippen LogP contribution in [0.5, 0.6) is 0 Å². The van der Waals surface area contributed by atoms with E-state index in [-0.39, 0.29) is 23.1 Å². The number of halogens is 1. The number of aliphatic hydroxyl groups is 1. The number of esters is 1. The molecule has 3 aromatic carbocycles. The van der Waals surface area contributed by atoms with Crippen molar-refractivity contribution in [1.29, 1.82) is 0 Å². The van der Waals surface area contributed by atoms with Gasteiger partial charge < -0.3 is 31.3 Å². The molecule has 0 aliphatic carbocycles. The van der Waals surface area contributed by atoms with E-state index < -0.39 is 11.6 Å². The van der Waals surface area contributed by atoms with Crippen LogP contribution in [-0.4, -0.2) is 47.8 Å². The molecule has 0 aromatic heterocycles. The van der Waals surface area contributed by atoms with Crippen LogP contribution >= 0.6 is 0 Å². The number of carbonyl (C=O) groups is 1. The molecule has 5 heteroatoms. The third-order valence-electron chi connectivity index (χ3n) is 7.70. The Balaban J connectivity index is 0.00000274. The molecular formula is C29H32BrNO3. The van der Waals surface area contributed by atoms with Gasteiger partial charge in [0, 0.05) is 25.2 Å². The molecule has 3 fully saturated rings. The van der Waals surface area contributed by atoms with Crippen molar-refractivity contribution >= 4 is 5.97 Å². The molecule has 1 atom stereocenters. The Morgan fingerprint density at radius 1 is 0.853 bits per heavy atom. The minimum absolute atomic E-state index is 0. The van der Waals surface area contributed by atoms with Crippen molar-refractivity contribution in [2.24, 2.45) is 5.92 Å². The van der Waals surface area contributed by atoms with E-state index >= 15 is 0 Å². The molecule has 3 heterocycles. The first-order valence-electron chi connectivity index (χ1n) is 12.0. The van der Waals surface area contributed by atoms with Crippen molar-refractivity contribution in [1.82, 2.24) is 0 Å². The molecule has 1 unspecified atom stereocenters. The van der Waals surface area contributed by atoms with E-state index in [0.717, 1.165) is 49.9 Å². The Morgan fingerprint density at radius 3 is 1.88 bits per heavy atom. The molecule has 0 spiro atoms. The van der Waals surface area contributed by atoms with E-state index in [1.807, 2.05) is 36.4 Å². The molecule has 1 N–H and O–H groups in total. The van der Waals surface area contributed by atoms with Gasteiger partial charge in [-0.25, -0.2) is 4.79 Å². The molecule has 0 amide bonds. The van der Waals surface area contributed by atoms with Gasteiger partial charge >= 0.3 is 5.97 Å². The molecule has 0 saturated carbocycles. The topological polar surface area (TPSA) is 46.5 Å². The van der Waals surface area contributed by atoms with Crippen LogP contribution in [0.1, 0.15) is 29.5 Å². The largest absolute Gasteiger partial charge is 1.00 e. The van der Waals surface area contributed by atoms with Crippen molar-refractivity contribution in [3.8, 4) is 0 Å². The Bertz CT molecular complexity index is 1030. The van der Waals surface area contributed by atoms with Gasteiger partial charge in [0.25, 0.3) is 0 Å². The second-order valence-corrected chi connectivity index (χ2v) is 9.65. The molecule has 4 nitrogen and oxygen atoms in total. The first-order chi connectivity index (χ1) is 16.1. The molecule has 2 bridgehead atoms. The summed E-state index contributed by atoms with van der Waals surface area (Å²) in [5.41, 5.74) is 0.614. The zero-order chi connectivity index (χ0) is 22.7. The minimum atomic E-state index is -1.82. The van der Waals surface area contributed by atoms with Crippen molar-refractivity contribution in [3.05, 3.63) is 108 Å². The number of quaternary nitrogens is 1. The maximum atomic E-state index is 13.6. The molecule has 3 aliphatic rings. The molecule has 3 aromatic rings. The number of nitrogens with zero attached hydrogens (tertiary/aromatic N) is 1. The van der Waals surface area contributed by atoms with Crippen molar-refractivity contribution < 1.29 is 36.1 Å². The SMILES string of the molecule is O=C(OC1C[N+]2(CCc3ccccc3)CCC1CC2)C(O)(c1ccccc1)c1ccccc1.[Br-]. The van der Waals surface area contributed by atoms with E-state index in [9.17, 15) is 9.90 Å². The fourth-order valence-electron chi connectivity index (χ4n) is 5.66. The van der Waals surface area contributed by atoms with Crippen LogP contribution in [0.15, 0.2) is 91.0 Å². The predicted octanol–water partition coefficient (Wildman–Crippen LogP) is 1.32. The average molecular weight is 522 g/mol. The highest BCUT2D eigenvalue weighted by atomic mass is 79.9. The summed E-state index contributed by atoms with van der Waals surface area (Å²) in [6, 6.07) is 28.9. The summed E-state index contributed by atoms with van der Waals surface area (Å²) in [6.45, 7) is 4.19. The molecule has 0 radical (unpaired) electrons. The van der Waals surface area contributed by atoms with Gasteiger partial charge in [0.1, 0.15) is 6.54 Å². The van der Waals surface area contributed by atoms with Crippen LogP contribution in [0.25, 0.3) is 0 Å². The van der Waals surface area contributed by atoms with Gasteiger partial charge in [0.05, 0.1) is 19.6 Å². The monoisotopic (exact) mass is 521 g/mol. The zero-order valence-electron chi connectivity index (χ0n) is 19.4. The summed E-state index contributed by atoms with van der Waals surface area (Å²) in [4.78, 5) is 13.6. The van der Waals surface area contributed by atoms with E-state index in [0.29, 0.717) is 17.0 Å². The van der Waals surface area contributed by atoms with Gasteiger partial charge in [-0.15, -0.1) is 0 Å². The smallest absolute Gasteiger partial charge is 0.348 e.